The maximum Gasteiger partial charge on any atom is 0.119 e. The number of hydrogen-bond donors (Lipinski definition) is 0. The molecule has 0 saturated carbocycles. The zero-order valence-corrected chi connectivity index (χ0v) is 7.68. The van der Waals surface area contributed by atoms with E-state index in [2.05, 4.69) is 22.6 Å². The molecule has 0 aromatic heterocycles. The quantitative estimate of drug-likeness (QED) is 0.697. The summed E-state index contributed by atoms with van der Waals surface area (Å²) < 4.78 is 26.5. The highest BCUT2D eigenvalue weighted by Crippen LogP contribution is 2.17. The molecule has 0 aliphatic carbocycles. The lowest BCUT2D eigenvalue weighted by molar-refractivity contribution is 0.414. The molecule has 0 unspecified atom stereocenters. The maximum atomic E-state index is 6.90. The highest BCUT2D eigenvalue weighted by molar-refractivity contribution is 14.1. The predicted molar refractivity (Wildman–Crippen MR) is 50.4 cm³/mol. The Balaban J connectivity index is 2.86. The molecule has 0 fully saturated rings. The number of halogens is 1. The fourth-order valence-electron chi connectivity index (χ4n) is 0.681. The van der Waals surface area contributed by atoms with E-state index in [0.717, 1.165) is 9.13 Å². The van der Waals surface area contributed by atoms with Crippen LogP contribution in [0.5, 0.6) is 5.75 Å². The van der Waals surface area contributed by atoms with Crippen LogP contribution in [0.2, 0.25) is 0 Å². The van der Waals surface area contributed by atoms with Gasteiger partial charge in [-0.3, -0.25) is 0 Å². The van der Waals surface area contributed by atoms with Gasteiger partial charge in [-0.1, -0.05) is 0 Å². The van der Waals surface area contributed by atoms with Crippen LogP contribution in [0, 0.1) is 10.5 Å². The minimum Gasteiger partial charge on any atom is -0.497 e. The van der Waals surface area contributed by atoms with E-state index in [0.29, 0.717) is 5.75 Å². The Labute approximate surface area is 78.8 Å². The third-order valence-corrected chi connectivity index (χ3v) is 2.46. The first-order chi connectivity index (χ1) is 5.88. The molecule has 1 rings (SSSR count). The molecule has 2 heteroatoms. The number of ether oxygens (including phenoxy) is 1. The lowest BCUT2D eigenvalue weighted by Gasteiger charge is -2.01. The fourth-order valence-corrected chi connectivity index (χ4v) is 1.02. The van der Waals surface area contributed by atoms with Crippen molar-refractivity contribution >= 4 is 22.6 Å². The SMILES string of the molecule is [2H]C([2H])([2H])Oc1ccc(I)c(C)c1. The average molecular weight is 251 g/mol. The summed E-state index contributed by atoms with van der Waals surface area (Å²) in [7, 11) is -2.36. The summed E-state index contributed by atoms with van der Waals surface area (Å²) in [5, 5.41) is 0. The van der Waals surface area contributed by atoms with Crippen molar-refractivity contribution in [2.24, 2.45) is 0 Å². The predicted octanol–water partition coefficient (Wildman–Crippen LogP) is 2.61. The fraction of sp³-hybridized carbons (Fsp3) is 0.250. The molecule has 1 aromatic rings. The highest BCUT2D eigenvalue weighted by atomic mass is 127. The summed E-state index contributed by atoms with van der Waals surface area (Å²) in [5.74, 6) is 0.387. The molecule has 0 radical (unpaired) electrons. The van der Waals surface area contributed by atoms with Crippen LogP contribution in [0.3, 0.4) is 0 Å². The van der Waals surface area contributed by atoms with Crippen LogP contribution < -0.4 is 4.74 Å². The summed E-state index contributed by atoms with van der Waals surface area (Å²) >= 11 is 2.18. The van der Waals surface area contributed by atoms with Crippen LogP contribution >= 0.6 is 22.6 Å². The van der Waals surface area contributed by atoms with Crippen LogP contribution in [0.4, 0.5) is 0 Å². The molecular formula is C8H9IO. The van der Waals surface area contributed by atoms with E-state index in [4.69, 9.17) is 8.85 Å². The monoisotopic (exact) mass is 251 g/mol. The molecular weight excluding hydrogens is 239 g/mol. The van der Waals surface area contributed by atoms with Gasteiger partial charge in [0.25, 0.3) is 0 Å². The molecule has 10 heavy (non-hydrogen) atoms. The van der Waals surface area contributed by atoms with Crippen LogP contribution in [-0.2, 0) is 0 Å². The van der Waals surface area contributed by atoms with Gasteiger partial charge in [0.05, 0.1) is 11.2 Å². The third kappa shape index (κ3) is 1.62. The second-order valence-electron chi connectivity index (χ2n) is 2.01. The minimum absolute atomic E-state index is 0.387. The molecule has 1 aromatic carbocycles. The Bertz CT molecular complexity index is 309. The molecule has 0 aliphatic heterocycles. The Kier molecular flexibility index (Phi) is 1.48. The summed E-state index contributed by atoms with van der Waals surface area (Å²) in [5.41, 5.74) is 1.02. The second-order valence-corrected chi connectivity index (χ2v) is 3.18. The Morgan fingerprint density at radius 1 is 1.60 bits per heavy atom. The first kappa shape index (κ1) is 4.59. The molecule has 0 aliphatic rings. The molecule has 0 bridgehead atoms. The van der Waals surface area contributed by atoms with E-state index in [1.807, 2.05) is 13.0 Å². The normalized spacial score (nSPS) is 15.2. The van der Waals surface area contributed by atoms with Crippen molar-refractivity contribution in [1.29, 1.82) is 0 Å². The molecule has 0 amide bonds. The molecule has 0 N–H and O–H groups in total. The number of aryl methyl sites for hydroxylation is 1. The van der Waals surface area contributed by atoms with Crippen molar-refractivity contribution in [2.75, 3.05) is 7.04 Å². The van der Waals surface area contributed by atoms with Crippen LogP contribution in [0.25, 0.3) is 0 Å². The van der Waals surface area contributed by atoms with Crippen molar-refractivity contribution in [3.63, 3.8) is 0 Å². The molecule has 0 heterocycles. The van der Waals surface area contributed by atoms with Crippen LogP contribution in [-0.4, -0.2) is 7.04 Å². The number of hydrogen-bond acceptors (Lipinski definition) is 1. The van der Waals surface area contributed by atoms with E-state index in [9.17, 15) is 0 Å². The third-order valence-electron chi connectivity index (χ3n) is 1.25. The summed E-state index contributed by atoms with van der Waals surface area (Å²) in [4.78, 5) is 0. The smallest absolute Gasteiger partial charge is 0.119 e. The molecule has 0 spiro atoms. The Hall–Kier alpha value is -0.250. The highest BCUT2D eigenvalue weighted by Gasteiger charge is 1.94. The Morgan fingerprint density at radius 2 is 2.40 bits per heavy atom. The zero-order valence-electron chi connectivity index (χ0n) is 8.52. The van der Waals surface area contributed by atoms with Gasteiger partial charge in [0.1, 0.15) is 5.75 Å². The minimum atomic E-state index is -2.36. The van der Waals surface area contributed by atoms with Gasteiger partial charge < -0.3 is 4.74 Å². The van der Waals surface area contributed by atoms with E-state index in [1.54, 1.807) is 12.1 Å². The van der Waals surface area contributed by atoms with Crippen molar-refractivity contribution in [2.45, 2.75) is 6.92 Å². The van der Waals surface area contributed by atoms with Gasteiger partial charge in [-0.15, -0.1) is 0 Å². The molecule has 0 atom stereocenters. The number of rotatable bonds is 1. The van der Waals surface area contributed by atoms with Gasteiger partial charge in [0, 0.05) is 3.57 Å². The van der Waals surface area contributed by atoms with E-state index in [-0.39, 0.29) is 0 Å². The van der Waals surface area contributed by atoms with E-state index in [1.165, 1.54) is 0 Å². The topological polar surface area (TPSA) is 9.23 Å². The lowest BCUT2D eigenvalue weighted by Crippen LogP contribution is -1.84. The van der Waals surface area contributed by atoms with Crippen molar-refractivity contribution in [3.05, 3.63) is 27.3 Å². The number of methoxy groups -OCH3 is 1. The van der Waals surface area contributed by atoms with Gasteiger partial charge >= 0.3 is 0 Å². The molecule has 0 saturated heterocycles. The van der Waals surface area contributed by atoms with Crippen molar-refractivity contribution in [3.8, 4) is 5.75 Å². The van der Waals surface area contributed by atoms with Crippen molar-refractivity contribution < 1.29 is 8.85 Å². The summed E-state index contributed by atoms with van der Waals surface area (Å²) in [6.07, 6.45) is 0. The summed E-state index contributed by atoms with van der Waals surface area (Å²) in [6, 6.07) is 5.20. The maximum absolute atomic E-state index is 6.90. The van der Waals surface area contributed by atoms with Gasteiger partial charge in [0.2, 0.25) is 0 Å². The van der Waals surface area contributed by atoms with Gasteiger partial charge in [0.15, 0.2) is 0 Å². The molecule has 1 nitrogen and oxygen atoms in total. The van der Waals surface area contributed by atoms with Crippen LogP contribution in [0.15, 0.2) is 18.2 Å². The standard InChI is InChI=1S/C8H9IO/c1-6-5-7(10-2)3-4-8(6)9/h3-5H,1-2H3/i2D3. The lowest BCUT2D eigenvalue weighted by atomic mass is 10.2. The van der Waals surface area contributed by atoms with Gasteiger partial charge in [-0.05, 0) is 53.3 Å². The zero-order chi connectivity index (χ0) is 10.1. The average Bonchev–Trinajstić information content (AvgIpc) is 1.94. The first-order valence-electron chi connectivity index (χ1n) is 4.34. The second kappa shape index (κ2) is 3.23. The van der Waals surface area contributed by atoms with E-state index < -0.39 is 7.04 Å². The van der Waals surface area contributed by atoms with E-state index >= 15 is 0 Å². The largest absolute Gasteiger partial charge is 0.497 e. The van der Waals surface area contributed by atoms with Gasteiger partial charge in [-0.2, -0.15) is 0 Å². The number of benzene rings is 1. The summed E-state index contributed by atoms with van der Waals surface area (Å²) in [6.45, 7) is 1.91. The van der Waals surface area contributed by atoms with Crippen LogP contribution in [0.1, 0.15) is 9.68 Å². The molecule has 54 valence electrons. The first-order valence-corrected chi connectivity index (χ1v) is 3.91. The van der Waals surface area contributed by atoms with Gasteiger partial charge in [-0.25, -0.2) is 0 Å². The Morgan fingerprint density at radius 3 is 3.00 bits per heavy atom. The van der Waals surface area contributed by atoms with Crippen molar-refractivity contribution in [1.82, 2.24) is 0 Å².